The maximum Gasteiger partial charge on any atom is 0.255 e. The van der Waals surface area contributed by atoms with Gasteiger partial charge in [-0.2, -0.15) is 0 Å². The second-order valence-electron chi connectivity index (χ2n) is 4.42. The number of methoxy groups -OCH3 is 1. The molecular weight excluding hydrogens is 246 g/mol. The monoisotopic (exact) mass is 265 g/mol. The number of nitrogens with zero attached hydrogens (tertiary/aromatic N) is 1. The third-order valence-corrected chi connectivity index (χ3v) is 2.74. The van der Waals surface area contributed by atoms with Gasteiger partial charge in [-0.05, 0) is 18.1 Å². The number of hydrogen-bond donors (Lipinski definition) is 3. The van der Waals surface area contributed by atoms with Crippen molar-refractivity contribution in [3.63, 3.8) is 0 Å². The maximum absolute atomic E-state index is 12.2. The summed E-state index contributed by atoms with van der Waals surface area (Å²) >= 11 is 0. The number of amidine groups is 1. The first kappa shape index (κ1) is 14.8. The van der Waals surface area contributed by atoms with Gasteiger partial charge in [0.25, 0.3) is 5.91 Å². The van der Waals surface area contributed by atoms with Crippen molar-refractivity contribution in [2.45, 2.75) is 19.9 Å². The Morgan fingerprint density at radius 2 is 2.05 bits per heavy atom. The van der Waals surface area contributed by atoms with E-state index >= 15 is 0 Å². The lowest BCUT2D eigenvalue weighted by Crippen LogP contribution is -2.47. The van der Waals surface area contributed by atoms with Gasteiger partial charge >= 0.3 is 0 Å². The van der Waals surface area contributed by atoms with Gasteiger partial charge in [0.2, 0.25) is 0 Å². The summed E-state index contributed by atoms with van der Waals surface area (Å²) in [4.78, 5) is 12.2. The van der Waals surface area contributed by atoms with Gasteiger partial charge in [-0.1, -0.05) is 31.1 Å². The summed E-state index contributed by atoms with van der Waals surface area (Å²) in [6, 6.07) is 6.33. The molecule has 0 fully saturated rings. The van der Waals surface area contributed by atoms with Crippen LogP contribution >= 0.6 is 0 Å². The van der Waals surface area contributed by atoms with E-state index in [0.717, 1.165) is 0 Å². The first-order chi connectivity index (χ1) is 9.01. The average Bonchev–Trinajstić information content (AvgIpc) is 2.43. The molecule has 4 N–H and O–H groups in total. The molecule has 6 heteroatoms. The summed E-state index contributed by atoms with van der Waals surface area (Å²) in [5, 5.41) is 14.4. The van der Waals surface area contributed by atoms with Crippen LogP contribution in [0.1, 0.15) is 24.2 Å². The number of nitrogens with one attached hydrogen (secondary N) is 1. The molecule has 19 heavy (non-hydrogen) atoms. The largest absolute Gasteiger partial charge is 0.496 e. The highest BCUT2D eigenvalue weighted by Crippen LogP contribution is 2.17. The van der Waals surface area contributed by atoms with E-state index in [1.807, 2.05) is 13.8 Å². The number of para-hydroxylation sites is 1. The van der Waals surface area contributed by atoms with E-state index in [-0.39, 0.29) is 17.7 Å². The minimum atomic E-state index is -0.539. The van der Waals surface area contributed by atoms with Crippen molar-refractivity contribution >= 4 is 11.7 Å². The molecule has 0 bridgehead atoms. The normalized spacial score (nSPS) is 13.2. The van der Waals surface area contributed by atoms with Crippen LogP contribution in [0, 0.1) is 5.92 Å². The number of benzene rings is 1. The lowest BCUT2D eigenvalue weighted by molar-refractivity contribution is 0.0935. The topological polar surface area (TPSA) is 96.9 Å². The van der Waals surface area contributed by atoms with Crippen LogP contribution in [0.5, 0.6) is 5.75 Å². The number of amides is 1. The van der Waals surface area contributed by atoms with E-state index in [1.165, 1.54) is 7.11 Å². The molecular formula is C13H19N3O3. The van der Waals surface area contributed by atoms with Crippen molar-refractivity contribution < 1.29 is 14.7 Å². The molecule has 0 aliphatic heterocycles. The fourth-order valence-electron chi connectivity index (χ4n) is 1.70. The van der Waals surface area contributed by atoms with E-state index in [0.29, 0.717) is 11.3 Å². The number of ether oxygens (including phenoxy) is 1. The molecule has 1 atom stereocenters. The fraction of sp³-hybridized carbons (Fsp3) is 0.385. The summed E-state index contributed by atoms with van der Waals surface area (Å²) in [5.41, 5.74) is 5.97. The molecule has 1 aromatic carbocycles. The number of carbonyl (C=O) groups is 1. The Bertz CT molecular complexity index is 472. The van der Waals surface area contributed by atoms with Crippen LogP contribution in [0.4, 0.5) is 0 Å². The third kappa shape index (κ3) is 3.61. The second kappa shape index (κ2) is 6.63. The molecule has 0 spiro atoms. The van der Waals surface area contributed by atoms with E-state index in [2.05, 4.69) is 10.5 Å². The smallest absolute Gasteiger partial charge is 0.255 e. The second-order valence-corrected chi connectivity index (χ2v) is 4.42. The number of nitrogens with two attached hydrogens (primary N) is 1. The molecule has 0 aliphatic carbocycles. The summed E-state index contributed by atoms with van der Waals surface area (Å²) in [6.07, 6.45) is 0. The maximum atomic E-state index is 12.2. The molecule has 0 aromatic heterocycles. The van der Waals surface area contributed by atoms with E-state index in [1.54, 1.807) is 24.3 Å². The van der Waals surface area contributed by atoms with Gasteiger partial charge in [-0.15, -0.1) is 0 Å². The molecule has 104 valence electrons. The summed E-state index contributed by atoms with van der Waals surface area (Å²) in [5.74, 6) is 0.109. The Balaban J connectivity index is 2.94. The lowest BCUT2D eigenvalue weighted by atomic mass is 10.0. The van der Waals surface area contributed by atoms with Crippen LogP contribution in [0.2, 0.25) is 0 Å². The molecule has 0 saturated carbocycles. The van der Waals surface area contributed by atoms with Crippen molar-refractivity contribution in [1.29, 1.82) is 0 Å². The molecule has 0 radical (unpaired) electrons. The van der Waals surface area contributed by atoms with Crippen LogP contribution in [0.15, 0.2) is 29.4 Å². The van der Waals surface area contributed by atoms with Crippen LogP contribution in [-0.2, 0) is 0 Å². The molecule has 0 saturated heterocycles. The number of oxime groups is 1. The molecule has 1 unspecified atom stereocenters. The molecule has 1 aromatic rings. The van der Waals surface area contributed by atoms with Crippen LogP contribution in [0.25, 0.3) is 0 Å². The molecule has 1 rings (SSSR count). The molecule has 0 aliphatic rings. The zero-order valence-corrected chi connectivity index (χ0v) is 11.3. The quantitative estimate of drug-likeness (QED) is 0.322. The van der Waals surface area contributed by atoms with Gasteiger partial charge in [0.1, 0.15) is 5.75 Å². The predicted molar refractivity (Wildman–Crippen MR) is 72.5 cm³/mol. The van der Waals surface area contributed by atoms with E-state index < -0.39 is 6.04 Å². The standard InChI is InChI=1S/C13H19N3O3/c1-8(2)11(12(14)16-18)15-13(17)9-6-4-5-7-10(9)19-3/h4-8,11,18H,1-3H3,(H2,14,16)(H,15,17). The minimum Gasteiger partial charge on any atom is -0.496 e. The highest BCUT2D eigenvalue weighted by molar-refractivity contribution is 6.00. The summed E-state index contributed by atoms with van der Waals surface area (Å²) < 4.78 is 5.12. The first-order valence-electron chi connectivity index (χ1n) is 5.92. The first-order valence-corrected chi connectivity index (χ1v) is 5.92. The highest BCUT2D eigenvalue weighted by Gasteiger charge is 2.22. The fourth-order valence-corrected chi connectivity index (χ4v) is 1.70. The van der Waals surface area contributed by atoms with Gasteiger partial charge in [0.05, 0.1) is 18.7 Å². The lowest BCUT2D eigenvalue weighted by Gasteiger charge is -2.21. The zero-order valence-electron chi connectivity index (χ0n) is 11.3. The van der Waals surface area contributed by atoms with Gasteiger partial charge in [-0.3, -0.25) is 4.79 Å². The average molecular weight is 265 g/mol. The number of rotatable bonds is 5. The highest BCUT2D eigenvalue weighted by atomic mass is 16.5. The van der Waals surface area contributed by atoms with Gasteiger partial charge in [-0.25, -0.2) is 0 Å². The Kier molecular flexibility index (Phi) is 5.17. The Morgan fingerprint density at radius 1 is 1.42 bits per heavy atom. The van der Waals surface area contributed by atoms with Crippen molar-refractivity contribution in [3.8, 4) is 5.75 Å². The Hall–Kier alpha value is -2.24. The van der Waals surface area contributed by atoms with Crippen molar-refractivity contribution in [2.75, 3.05) is 7.11 Å². The van der Waals surface area contributed by atoms with Gasteiger partial charge < -0.3 is 21.0 Å². The van der Waals surface area contributed by atoms with Crippen LogP contribution < -0.4 is 15.8 Å². The summed E-state index contributed by atoms with van der Waals surface area (Å²) in [6.45, 7) is 3.73. The van der Waals surface area contributed by atoms with Gasteiger partial charge in [0.15, 0.2) is 5.84 Å². The predicted octanol–water partition coefficient (Wildman–Crippen LogP) is 1.20. The molecule has 0 heterocycles. The number of carbonyl (C=O) groups excluding carboxylic acids is 1. The minimum absolute atomic E-state index is 0.00504. The summed E-state index contributed by atoms with van der Waals surface area (Å²) in [7, 11) is 1.50. The van der Waals surface area contributed by atoms with Crippen molar-refractivity contribution in [1.82, 2.24) is 5.32 Å². The Morgan fingerprint density at radius 3 is 2.58 bits per heavy atom. The van der Waals surface area contributed by atoms with Crippen LogP contribution in [-0.4, -0.2) is 30.1 Å². The SMILES string of the molecule is COc1ccccc1C(=O)NC(C(N)=NO)C(C)C. The molecule has 1 amide bonds. The van der Waals surface area contributed by atoms with Crippen molar-refractivity contribution in [2.24, 2.45) is 16.8 Å². The molecule has 6 nitrogen and oxygen atoms in total. The third-order valence-electron chi connectivity index (χ3n) is 2.74. The van der Waals surface area contributed by atoms with E-state index in [4.69, 9.17) is 15.7 Å². The van der Waals surface area contributed by atoms with Crippen molar-refractivity contribution in [3.05, 3.63) is 29.8 Å². The van der Waals surface area contributed by atoms with E-state index in [9.17, 15) is 4.79 Å². The zero-order chi connectivity index (χ0) is 14.4. The van der Waals surface area contributed by atoms with Gasteiger partial charge in [0, 0.05) is 0 Å². The van der Waals surface area contributed by atoms with Crippen LogP contribution in [0.3, 0.4) is 0 Å². The Labute approximate surface area is 112 Å². The number of hydrogen-bond acceptors (Lipinski definition) is 4.